The molecule has 1 amide bonds. The molecule has 0 radical (unpaired) electrons. The molecule has 1 saturated carbocycles. The first-order chi connectivity index (χ1) is 8.68. The molecule has 0 aromatic rings. The third kappa shape index (κ3) is 3.95. The number of hydrogen-bond acceptors (Lipinski definition) is 3. The monoisotopic (exact) mass is 256 g/mol. The Labute approximate surface area is 111 Å². The fraction of sp³-hybridized carbons (Fsp3) is 0.929. The molecule has 0 spiro atoms. The summed E-state index contributed by atoms with van der Waals surface area (Å²) in [7, 11) is 1.67. The van der Waals surface area contributed by atoms with E-state index in [0.29, 0.717) is 13.2 Å². The SMILES string of the molecule is CCCC(COC)NC(=O)C1(CN)CCCCC1. The minimum absolute atomic E-state index is 0.123. The molecule has 3 N–H and O–H groups in total. The first-order valence-corrected chi connectivity index (χ1v) is 7.18. The maximum atomic E-state index is 12.5. The van der Waals surface area contributed by atoms with Crippen LogP contribution in [-0.2, 0) is 9.53 Å². The van der Waals surface area contributed by atoms with E-state index in [-0.39, 0.29) is 17.4 Å². The molecule has 1 unspecified atom stereocenters. The van der Waals surface area contributed by atoms with E-state index < -0.39 is 0 Å². The van der Waals surface area contributed by atoms with Crippen molar-refractivity contribution >= 4 is 5.91 Å². The number of hydrogen-bond donors (Lipinski definition) is 2. The van der Waals surface area contributed by atoms with Crippen molar-refractivity contribution in [3.05, 3.63) is 0 Å². The lowest BCUT2D eigenvalue weighted by atomic mass is 9.73. The van der Waals surface area contributed by atoms with E-state index in [1.807, 2.05) is 0 Å². The molecule has 1 rings (SSSR count). The second kappa shape index (κ2) is 7.74. The fourth-order valence-corrected chi connectivity index (χ4v) is 2.84. The van der Waals surface area contributed by atoms with Crippen LogP contribution in [0.25, 0.3) is 0 Å². The van der Waals surface area contributed by atoms with Crippen LogP contribution in [0.5, 0.6) is 0 Å². The van der Waals surface area contributed by atoms with Crippen molar-refractivity contribution in [2.45, 2.75) is 57.9 Å². The molecule has 0 saturated heterocycles. The highest BCUT2D eigenvalue weighted by molar-refractivity contribution is 5.83. The van der Waals surface area contributed by atoms with Gasteiger partial charge in [-0.1, -0.05) is 32.6 Å². The van der Waals surface area contributed by atoms with Crippen LogP contribution < -0.4 is 11.1 Å². The van der Waals surface area contributed by atoms with Crippen LogP contribution in [0, 0.1) is 5.41 Å². The number of rotatable bonds is 7. The van der Waals surface area contributed by atoms with Gasteiger partial charge in [-0.15, -0.1) is 0 Å². The zero-order valence-electron chi connectivity index (χ0n) is 11.8. The van der Waals surface area contributed by atoms with Gasteiger partial charge in [-0.25, -0.2) is 0 Å². The molecule has 0 aromatic carbocycles. The van der Waals surface area contributed by atoms with Gasteiger partial charge in [0.15, 0.2) is 0 Å². The van der Waals surface area contributed by atoms with Crippen LogP contribution in [-0.4, -0.2) is 32.2 Å². The van der Waals surface area contributed by atoms with Gasteiger partial charge in [0.2, 0.25) is 5.91 Å². The number of amides is 1. The molecule has 0 aliphatic heterocycles. The predicted molar refractivity (Wildman–Crippen MR) is 73.3 cm³/mol. The first kappa shape index (κ1) is 15.4. The van der Waals surface area contributed by atoms with Crippen LogP contribution in [0.15, 0.2) is 0 Å². The Kier molecular flexibility index (Phi) is 6.65. The second-order valence-corrected chi connectivity index (χ2v) is 5.46. The number of carbonyl (C=O) groups is 1. The largest absolute Gasteiger partial charge is 0.383 e. The Bertz CT molecular complexity index is 244. The van der Waals surface area contributed by atoms with E-state index in [4.69, 9.17) is 10.5 Å². The average molecular weight is 256 g/mol. The quantitative estimate of drug-likeness (QED) is 0.730. The Balaban J connectivity index is 2.59. The van der Waals surface area contributed by atoms with Crippen molar-refractivity contribution in [3.63, 3.8) is 0 Å². The van der Waals surface area contributed by atoms with E-state index in [2.05, 4.69) is 12.2 Å². The summed E-state index contributed by atoms with van der Waals surface area (Å²) in [6.45, 7) is 3.17. The van der Waals surface area contributed by atoms with Gasteiger partial charge in [0, 0.05) is 13.7 Å². The maximum absolute atomic E-state index is 12.5. The van der Waals surface area contributed by atoms with E-state index in [0.717, 1.165) is 38.5 Å². The van der Waals surface area contributed by atoms with Crippen LogP contribution >= 0.6 is 0 Å². The molecule has 1 fully saturated rings. The van der Waals surface area contributed by atoms with Crippen LogP contribution in [0.3, 0.4) is 0 Å². The zero-order valence-corrected chi connectivity index (χ0v) is 11.8. The van der Waals surface area contributed by atoms with Gasteiger partial charge < -0.3 is 15.8 Å². The summed E-state index contributed by atoms with van der Waals surface area (Å²) in [6, 6.07) is 0.123. The number of nitrogens with two attached hydrogens (primary N) is 1. The minimum atomic E-state index is -0.321. The highest BCUT2D eigenvalue weighted by Crippen LogP contribution is 2.35. The topological polar surface area (TPSA) is 64.3 Å². The smallest absolute Gasteiger partial charge is 0.227 e. The molecule has 106 valence electrons. The minimum Gasteiger partial charge on any atom is -0.383 e. The molecule has 0 heterocycles. The maximum Gasteiger partial charge on any atom is 0.227 e. The van der Waals surface area contributed by atoms with E-state index in [1.165, 1.54) is 6.42 Å². The summed E-state index contributed by atoms with van der Waals surface area (Å²) in [4.78, 5) is 12.5. The third-order valence-corrected chi connectivity index (χ3v) is 4.02. The van der Waals surface area contributed by atoms with Gasteiger partial charge in [-0.2, -0.15) is 0 Å². The summed E-state index contributed by atoms with van der Waals surface area (Å²) in [6.07, 6.45) is 7.33. The number of nitrogens with one attached hydrogen (secondary N) is 1. The van der Waals surface area contributed by atoms with Crippen molar-refractivity contribution in [1.29, 1.82) is 0 Å². The molecule has 18 heavy (non-hydrogen) atoms. The van der Waals surface area contributed by atoms with Crippen molar-refractivity contribution in [1.82, 2.24) is 5.32 Å². The number of methoxy groups -OCH3 is 1. The second-order valence-electron chi connectivity index (χ2n) is 5.46. The van der Waals surface area contributed by atoms with E-state index >= 15 is 0 Å². The lowest BCUT2D eigenvalue weighted by Gasteiger charge is -2.36. The van der Waals surface area contributed by atoms with Crippen LogP contribution in [0.1, 0.15) is 51.9 Å². The van der Waals surface area contributed by atoms with Crippen LogP contribution in [0.2, 0.25) is 0 Å². The Morgan fingerprint density at radius 3 is 2.56 bits per heavy atom. The molecule has 0 bridgehead atoms. The molecule has 4 nitrogen and oxygen atoms in total. The molecular formula is C14H28N2O2. The predicted octanol–water partition coefficient (Wildman–Crippen LogP) is 1.83. The highest BCUT2D eigenvalue weighted by Gasteiger charge is 2.38. The van der Waals surface area contributed by atoms with Gasteiger partial charge in [0.1, 0.15) is 0 Å². The third-order valence-electron chi connectivity index (χ3n) is 4.02. The van der Waals surface area contributed by atoms with E-state index in [1.54, 1.807) is 7.11 Å². The number of ether oxygens (including phenoxy) is 1. The molecule has 1 aliphatic carbocycles. The average Bonchev–Trinajstić information content (AvgIpc) is 2.40. The first-order valence-electron chi connectivity index (χ1n) is 7.18. The summed E-state index contributed by atoms with van der Waals surface area (Å²) in [5, 5.41) is 3.14. The number of carbonyl (C=O) groups excluding carboxylic acids is 1. The van der Waals surface area contributed by atoms with Gasteiger partial charge >= 0.3 is 0 Å². The molecule has 1 atom stereocenters. The Hall–Kier alpha value is -0.610. The van der Waals surface area contributed by atoms with Gasteiger partial charge in [0.05, 0.1) is 18.1 Å². The molecule has 0 aromatic heterocycles. The summed E-state index contributed by atoms with van der Waals surface area (Å²) in [5.41, 5.74) is 5.55. The van der Waals surface area contributed by atoms with Crippen molar-refractivity contribution < 1.29 is 9.53 Å². The molecule has 1 aliphatic rings. The molecule has 4 heteroatoms. The van der Waals surface area contributed by atoms with Crippen molar-refractivity contribution in [2.75, 3.05) is 20.3 Å². The summed E-state index contributed by atoms with van der Waals surface area (Å²) >= 11 is 0. The highest BCUT2D eigenvalue weighted by atomic mass is 16.5. The van der Waals surface area contributed by atoms with Gasteiger partial charge in [-0.3, -0.25) is 4.79 Å². The summed E-state index contributed by atoms with van der Waals surface area (Å²) in [5.74, 6) is 0.139. The van der Waals surface area contributed by atoms with Crippen molar-refractivity contribution in [3.8, 4) is 0 Å². The van der Waals surface area contributed by atoms with Crippen LogP contribution in [0.4, 0.5) is 0 Å². The standard InChI is InChI=1S/C14H28N2O2/c1-3-7-12(10-18-2)16-13(17)14(11-15)8-5-4-6-9-14/h12H,3-11,15H2,1-2H3,(H,16,17). The lowest BCUT2D eigenvalue weighted by Crippen LogP contribution is -2.51. The fourth-order valence-electron chi connectivity index (χ4n) is 2.84. The van der Waals surface area contributed by atoms with Crippen molar-refractivity contribution in [2.24, 2.45) is 11.1 Å². The Morgan fingerprint density at radius 1 is 1.39 bits per heavy atom. The van der Waals surface area contributed by atoms with Gasteiger partial charge in [-0.05, 0) is 19.3 Å². The zero-order chi connectivity index (χ0) is 13.4. The molecular weight excluding hydrogens is 228 g/mol. The van der Waals surface area contributed by atoms with E-state index in [9.17, 15) is 4.79 Å². The normalized spacial score (nSPS) is 20.4. The Morgan fingerprint density at radius 2 is 2.06 bits per heavy atom. The lowest BCUT2D eigenvalue weighted by molar-refractivity contribution is -0.133. The van der Waals surface area contributed by atoms with Gasteiger partial charge in [0.25, 0.3) is 0 Å². The summed E-state index contributed by atoms with van der Waals surface area (Å²) < 4.78 is 5.17.